The molecule has 0 amide bonds. The van der Waals surface area contributed by atoms with Crippen molar-refractivity contribution in [1.82, 2.24) is 0 Å². The first-order valence-electron chi connectivity index (χ1n) is 13.3. The van der Waals surface area contributed by atoms with E-state index in [1.165, 1.54) is 56.4 Å². The predicted molar refractivity (Wildman–Crippen MR) is 166 cm³/mol. The molecule has 0 unspecified atom stereocenters. The van der Waals surface area contributed by atoms with Gasteiger partial charge in [0.25, 0.3) is 0 Å². The predicted octanol–water partition coefficient (Wildman–Crippen LogP) is 9.85. The Bertz CT molecular complexity index is 1270. The quantitative estimate of drug-likeness (QED) is 0.142. The van der Waals surface area contributed by atoms with Crippen molar-refractivity contribution in [1.29, 1.82) is 0 Å². The monoisotopic (exact) mass is 518 g/mol. The number of rotatable bonds is 8. The topological polar surface area (TPSA) is 0 Å². The summed E-state index contributed by atoms with van der Waals surface area (Å²) in [7, 11) is -3.29. The van der Waals surface area contributed by atoms with Crippen LogP contribution in [0.1, 0.15) is 41.5 Å². The lowest BCUT2D eigenvalue weighted by Gasteiger charge is -2.36. The van der Waals surface area contributed by atoms with Crippen molar-refractivity contribution >= 4 is 90.9 Å². The second-order valence-corrected chi connectivity index (χ2v) is 22.4. The lowest BCUT2D eigenvalue weighted by Crippen LogP contribution is -2.51. The van der Waals surface area contributed by atoms with E-state index >= 15 is 0 Å². The van der Waals surface area contributed by atoms with E-state index in [4.69, 9.17) is 0 Å². The largest absolute Gasteiger partial charge is 0.144 e. The number of hydrogen-bond acceptors (Lipinski definition) is 2. The van der Waals surface area contributed by atoms with Crippen LogP contribution >= 0.6 is 22.7 Å². The minimum absolute atomic E-state index is 1.33. The van der Waals surface area contributed by atoms with Crippen molar-refractivity contribution in [2.45, 2.75) is 77.8 Å². The fourth-order valence-corrected chi connectivity index (χ4v) is 16.7. The van der Waals surface area contributed by atoms with Gasteiger partial charge in [0.15, 0.2) is 0 Å². The van der Waals surface area contributed by atoms with Crippen LogP contribution in [0.5, 0.6) is 0 Å². The SMILES string of the molecule is CC[Si](CC)(CC)c1c2cc3ccsc3cc2c([Si](CC)(CC)CC)c2cc3ccsc3cc12. The van der Waals surface area contributed by atoms with E-state index in [9.17, 15) is 0 Å². The highest BCUT2D eigenvalue weighted by molar-refractivity contribution is 7.17. The summed E-state index contributed by atoms with van der Waals surface area (Å²) < 4.78 is 2.91. The lowest BCUT2D eigenvalue weighted by molar-refractivity contribution is 1.20. The third-order valence-electron chi connectivity index (χ3n) is 9.38. The molecule has 0 N–H and O–H groups in total. The molecule has 0 nitrogen and oxygen atoms in total. The average Bonchev–Trinajstić information content (AvgIpc) is 3.53. The molecule has 0 fully saturated rings. The van der Waals surface area contributed by atoms with Crippen LogP contribution in [0, 0.1) is 0 Å². The summed E-state index contributed by atoms with van der Waals surface area (Å²) in [6.45, 7) is 14.8. The van der Waals surface area contributed by atoms with Gasteiger partial charge in [-0.3, -0.25) is 0 Å². The van der Waals surface area contributed by atoms with E-state index in [1.807, 2.05) is 22.7 Å². The maximum atomic E-state index is 2.61. The summed E-state index contributed by atoms with van der Waals surface area (Å²) in [6.07, 6.45) is 0. The van der Waals surface area contributed by atoms with Gasteiger partial charge in [0.1, 0.15) is 0 Å². The maximum Gasteiger partial charge on any atom is 0.0875 e. The van der Waals surface area contributed by atoms with Crippen molar-refractivity contribution in [2.75, 3.05) is 0 Å². The number of hydrogen-bond donors (Lipinski definition) is 0. The molecule has 0 atom stereocenters. The maximum absolute atomic E-state index is 2.61. The molecule has 5 rings (SSSR count). The van der Waals surface area contributed by atoms with Gasteiger partial charge in [-0.1, -0.05) is 77.8 Å². The van der Waals surface area contributed by atoms with Crippen LogP contribution in [0.3, 0.4) is 0 Å². The molecule has 0 saturated heterocycles. The molecule has 178 valence electrons. The van der Waals surface area contributed by atoms with Gasteiger partial charge < -0.3 is 0 Å². The van der Waals surface area contributed by atoms with E-state index in [0.717, 1.165) is 0 Å². The Morgan fingerprint density at radius 1 is 0.500 bits per heavy atom. The highest BCUT2D eigenvalue weighted by atomic mass is 32.1. The summed E-state index contributed by atoms with van der Waals surface area (Å²) in [5.74, 6) is 0. The molecule has 0 spiro atoms. The second-order valence-electron chi connectivity index (χ2n) is 10.1. The van der Waals surface area contributed by atoms with Gasteiger partial charge in [0.2, 0.25) is 0 Å². The second kappa shape index (κ2) is 9.20. The molecule has 4 heteroatoms. The smallest absolute Gasteiger partial charge is 0.0875 e. The molecule has 3 aromatic carbocycles. The summed E-state index contributed by atoms with van der Waals surface area (Å²) in [5.41, 5.74) is 0. The van der Waals surface area contributed by atoms with Crippen LogP contribution in [-0.4, -0.2) is 16.1 Å². The van der Waals surface area contributed by atoms with Gasteiger partial charge in [-0.2, -0.15) is 0 Å². The Balaban J connectivity index is 2.13. The van der Waals surface area contributed by atoms with Crippen LogP contribution in [0.4, 0.5) is 0 Å². The molecular weight excluding hydrogens is 481 g/mol. The standard InChI is InChI=1S/C30H38S2Si2/c1-7-33(8-2,9-3)29-23-17-21-13-15-32-28(21)20-26(23)30(34(10-4,11-5)12-6)24-18-22-14-16-31-27(22)19-25(24)29/h13-20H,7-12H2,1-6H3. The Hall–Kier alpha value is -1.47. The van der Waals surface area contributed by atoms with Crippen LogP contribution in [0.2, 0.25) is 36.3 Å². The Morgan fingerprint density at radius 3 is 1.15 bits per heavy atom. The minimum atomic E-state index is -1.65. The first kappa shape index (κ1) is 24.2. The Morgan fingerprint density at radius 2 is 0.824 bits per heavy atom. The van der Waals surface area contributed by atoms with Crippen molar-refractivity contribution in [3.63, 3.8) is 0 Å². The zero-order valence-corrected chi connectivity index (χ0v) is 25.3. The third-order valence-corrected chi connectivity index (χ3v) is 22.5. The minimum Gasteiger partial charge on any atom is -0.144 e. The molecule has 5 aromatic rings. The van der Waals surface area contributed by atoms with Gasteiger partial charge in [0, 0.05) is 9.40 Å². The molecule has 34 heavy (non-hydrogen) atoms. The van der Waals surface area contributed by atoms with Gasteiger partial charge in [0.05, 0.1) is 16.1 Å². The van der Waals surface area contributed by atoms with Crippen LogP contribution < -0.4 is 10.4 Å². The van der Waals surface area contributed by atoms with Gasteiger partial charge in [-0.25, -0.2) is 0 Å². The average molecular weight is 519 g/mol. The molecule has 0 radical (unpaired) electrons. The van der Waals surface area contributed by atoms with Crippen LogP contribution in [0.15, 0.2) is 47.2 Å². The number of fused-ring (bicyclic) bond motifs is 4. The van der Waals surface area contributed by atoms with Crippen molar-refractivity contribution in [3.05, 3.63) is 47.2 Å². The normalized spacial score (nSPS) is 13.1. The van der Waals surface area contributed by atoms with Crippen LogP contribution in [0.25, 0.3) is 41.7 Å². The molecule has 2 aromatic heterocycles. The summed E-state index contributed by atoms with van der Waals surface area (Å²) in [4.78, 5) is 0. The van der Waals surface area contributed by atoms with Gasteiger partial charge >= 0.3 is 0 Å². The molecular formula is C30H38S2Si2. The molecule has 0 aliphatic rings. The van der Waals surface area contributed by atoms with Gasteiger partial charge in [-0.05, 0) is 89.8 Å². The third kappa shape index (κ3) is 3.40. The number of benzene rings is 3. The van der Waals surface area contributed by atoms with E-state index in [0.29, 0.717) is 0 Å². The van der Waals surface area contributed by atoms with E-state index in [-0.39, 0.29) is 0 Å². The van der Waals surface area contributed by atoms with Gasteiger partial charge in [-0.15, -0.1) is 22.7 Å². The lowest BCUT2D eigenvalue weighted by atomic mass is 10.0. The summed E-state index contributed by atoms with van der Waals surface area (Å²) >= 11 is 3.83. The molecule has 2 heterocycles. The molecule has 0 aliphatic carbocycles. The molecule has 0 aliphatic heterocycles. The Kier molecular flexibility index (Phi) is 6.56. The molecule has 0 saturated carbocycles. The highest BCUT2D eigenvalue weighted by Gasteiger charge is 2.38. The van der Waals surface area contributed by atoms with E-state index in [1.54, 1.807) is 31.9 Å². The van der Waals surface area contributed by atoms with E-state index < -0.39 is 16.1 Å². The van der Waals surface area contributed by atoms with E-state index in [2.05, 4.69) is 88.7 Å². The molecule has 0 bridgehead atoms. The highest BCUT2D eigenvalue weighted by Crippen LogP contribution is 2.38. The fourth-order valence-electron chi connectivity index (χ4n) is 6.84. The first-order chi connectivity index (χ1) is 16.5. The summed E-state index contributed by atoms with van der Waals surface area (Å²) in [5, 5.41) is 17.4. The van der Waals surface area contributed by atoms with Crippen molar-refractivity contribution in [3.8, 4) is 0 Å². The van der Waals surface area contributed by atoms with Crippen molar-refractivity contribution in [2.24, 2.45) is 0 Å². The zero-order valence-electron chi connectivity index (χ0n) is 21.7. The van der Waals surface area contributed by atoms with Crippen LogP contribution in [-0.2, 0) is 0 Å². The number of thiophene rings is 2. The van der Waals surface area contributed by atoms with Crippen molar-refractivity contribution < 1.29 is 0 Å². The fraction of sp³-hybridized carbons (Fsp3) is 0.400. The summed E-state index contributed by atoms with van der Waals surface area (Å²) in [6, 6.07) is 23.0. The zero-order chi connectivity index (χ0) is 24.1. The Labute approximate surface area is 215 Å². The first-order valence-corrected chi connectivity index (χ1v) is 20.3.